The lowest BCUT2D eigenvalue weighted by Crippen LogP contribution is -2.13. The van der Waals surface area contributed by atoms with Crippen LogP contribution in [0.3, 0.4) is 0 Å². The molecule has 23 heavy (non-hydrogen) atoms. The van der Waals surface area contributed by atoms with Crippen LogP contribution in [0.25, 0.3) is 16.9 Å². The van der Waals surface area contributed by atoms with Gasteiger partial charge in [-0.05, 0) is 24.1 Å². The first-order valence-electron chi connectivity index (χ1n) is 8.12. The quantitative estimate of drug-likeness (QED) is 0.733. The van der Waals surface area contributed by atoms with Crippen molar-refractivity contribution in [3.05, 3.63) is 53.9 Å². The van der Waals surface area contributed by atoms with Crippen LogP contribution in [0.5, 0.6) is 0 Å². The van der Waals surface area contributed by atoms with Crippen molar-refractivity contribution in [1.82, 2.24) is 14.6 Å². The van der Waals surface area contributed by atoms with Gasteiger partial charge in [0.15, 0.2) is 5.65 Å². The van der Waals surface area contributed by atoms with E-state index in [1.54, 1.807) is 0 Å². The van der Waals surface area contributed by atoms with Crippen molar-refractivity contribution in [2.24, 2.45) is 11.5 Å². The van der Waals surface area contributed by atoms with Crippen LogP contribution in [-0.4, -0.2) is 14.6 Å². The topological polar surface area (TPSA) is 82.2 Å². The molecule has 1 aromatic carbocycles. The summed E-state index contributed by atoms with van der Waals surface area (Å²) in [6, 6.07) is 12.1. The fourth-order valence-corrected chi connectivity index (χ4v) is 2.67. The molecule has 4 N–H and O–H groups in total. The monoisotopic (exact) mass is 309 g/mol. The molecule has 120 valence electrons. The number of fused-ring (bicyclic) bond motifs is 1. The maximum Gasteiger partial charge on any atom is 0.154 e. The van der Waals surface area contributed by atoms with E-state index in [1.807, 2.05) is 35.0 Å². The molecular formula is C18H23N5. The zero-order valence-electron chi connectivity index (χ0n) is 13.4. The van der Waals surface area contributed by atoms with Gasteiger partial charge in [-0.1, -0.05) is 44.0 Å². The molecule has 0 fully saturated rings. The fraction of sp³-hybridized carbons (Fsp3) is 0.333. The maximum atomic E-state index is 6.26. The molecule has 2 aromatic heterocycles. The van der Waals surface area contributed by atoms with E-state index < -0.39 is 0 Å². The van der Waals surface area contributed by atoms with Crippen molar-refractivity contribution in [3.63, 3.8) is 0 Å². The van der Waals surface area contributed by atoms with Gasteiger partial charge in [-0.15, -0.1) is 0 Å². The Hall–Kier alpha value is -2.24. The van der Waals surface area contributed by atoms with Crippen LogP contribution >= 0.6 is 0 Å². The lowest BCUT2D eigenvalue weighted by molar-refractivity contribution is 0.580. The Bertz CT molecular complexity index is 776. The van der Waals surface area contributed by atoms with E-state index in [0.717, 1.165) is 47.4 Å². The Morgan fingerprint density at radius 1 is 1.13 bits per heavy atom. The third kappa shape index (κ3) is 3.25. The normalized spacial score (nSPS) is 12.7. The first kappa shape index (κ1) is 15.6. The summed E-state index contributed by atoms with van der Waals surface area (Å²) in [5.74, 6) is 0. The molecule has 2 heterocycles. The predicted molar refractivity (Wildman–Crippen MR) is 92.8 cm³/mol. The molecule has 5 nitrogen and oxygen atoms in total. The van der Waals surface area contributed by atoms with Gasteiger partial charge in [-0.3, -0.25) is 0 Å². The summed E-state index contributed by atoms with van der Waals surface area (Å²) in [5, 5.41) is 4.71. The highest BCUT2D eigenvalue weighted by molar-refractivity contribution is 5.63. The first-order chi connectivity index (χ1) is 11.2. The Labute approximate surface area is 136 Å². The van der Waals surface area contributed by atoms with Gasteiger partial charge >= 0.3 is 0 Å². The molecule has 0 aliphatic rings. The van der Waals surface area contributed by atoms with Crippen molar-refractivity contribution < 1.29 is 0 Å². The second-order valence-corrected chi connectivity index (χ2v) is 5.82. The number of unbranched alkanes of at least 4 members (excludes halogenated alkanes) is 1. The molecule has 0 saturated carbocycles. The van der Waals surface area contributed by atoms with Gasteiger partial charge in [-0.25, -0.2) is 9.50 Å². The highest BCUT2D eigenvalue weighted by Gasteiger charge is 2.12. The summed E-state index contributed by atoms with van der Waals surface area (Å²) < 4.78 is 1.87. The van der Waals surface area contributed by atoms with Crippen molar-refractivity contribution in [3.8, 4) is 11.3 Å². The summed E-state index contributed by atoms with van der Waals surface area (Å²) in [5.41, 5.74) is 16.8. The van der Waals surface area contributed by atoms with Gasteiger partial charge in [0.1, 0.15) is 0 Å². The Balaban J connectivity index is 1.97. The molecule has 0 bridgehead atoms. The van der Waals surface area contributed by atoms with Crippen molar-refractivity contribution in [2.45, 2.75) is 38.8 Å². The standard InChI is InChI=1S/C18H23N5/c1-2-3-4-15(20)16-9-10-18-21-12-17(23(18)22-16)14-7-5-13(11-19)6-8-14/h5-10,12,15H,2-4,11,19-20H2,1H3. The van der Waals surface area contributed by atoms with Gasteiger partial charge in [0, 0.05) is 18.2 Å². The van der Waals surface area contributed by atoms with Crippen LogP contribution in [0.2, 0.25) is 0 Å². The smallest absolute Gasteiger partial charge is 0.154 e. The van der Waals surface area contributed by atoms with Crippen LogP contribution in [0.15, 0.2) is 42.6 Å². The molecule has 5 heteroatoms. The van der Waals surface area contributed by atoms with Gasteiger partial charge in [0.2, 0.25) is 0 Å². The van der Waals surface area contributed by atoms with Gasteiger partial charge in [0.05, 0.1) is 17.6 Å². The summed E-state index contributed by atoms with van der Waals surface area (Å²) in [6.45, 7) is 2.71. The second kappa shape index (κ2) is 6.89. The molecule has 3 aromatic rings. The average Bonchev–Trinajstić information content (AvgIpc) is 3.02. The van der Waals surface area contributed by atoms with E-state index in [0.29, 0.717) is 6.54 Å². The Kier molecular flexibility index (Phi) is 4.69. The van der Waals surface area contributed by atoms with Gasteiger partial charge in [-0.2, -0.15) is 5.10 Å². The third-order valence-corrected chi connectivity index (χ3v) is 4.12. The molecule has 1 atom stereocenters. The predicted octanol–water partition coefficient (Wildman–Crippen LogP) is 3.05. The number of imidazole rings is 1. The van der Waals surface area contributed by atoms with Gasteiger partial charge < -0.3 is 11.5 Å². The summed E-state index contributed by atoms with van der Waals surface area (Å²) in [6.07, 6.45) is 5.04. The minimum absolute atomic E-state index is 0.0331. The van der Waals surface area contributed by atoms with Crippen molar-refractivity contribution >= 4 is 5.65 Å². The summed E-state index contributed by atoms with van der Waals surface area (Å²) >= 11 is 0. The van der Waals surface area contributed by atoms with E-state index in [1.165, 1.54) is 0 Å². The minimum Gasteiger partial charge on any atom is -0.326 e. The highest BCUT2D eigenvalue weighted by atomic mass is 15.3. The second-order valence-electron chi connectivity index (χ2n) is 5.82. The van der Waals surface area contributed by atoms with Crippen LogP contribution in [0.1, 0.15) is 43.5 Å². The van der Waals surface area contributed by atoms with E-state index >= 15 is 0 Å². The molecule has 0 saturated heterocycles. The van der Waals surface area contributed by atoms with Crippen LogP contribution in [0, 0.1) is 0 Å². The number of aromatic nitrogens is 3. The molecule has 1 unspecified atom stereocenters. The Morgan fingerprint density at radius 2 is 1.91 bits per heavy atom. The number of rotatable bonds is 6. The van der Waals surface area contributed by atoms with Crippen LogP contribution in [0.4, 0.5) is 0 Å². The van der Waals surface area contributed by atoms with E-state index in [9.17, 15) is 0 Å². The molecule has 0 radical (unpaired) electrons. The van der Waals surface area contributed by atoms with E-state index in [4.69, 9.17) is 16.6 Å². The number of hydrogen-bond acceptors (Lipinski definition) is 4. The maximum absolute atomic E-state index is 6.26. The molecule has 0 amide bonds. The zero-order valence-corrected chi connectivity index (χ0v) is 13.4. The molecule has 3 rings (SSSR count). The number of nitrogens with zero attached hydrogens (tertiary/aromatic N) is 3. The van der Waals surface area contributed by atoms with Gasteiger partial charge in [0.25, 0.3) is 0 Å². The summed E-state index contributed by atoms with van der Waals surface area (Å²) in [7, 11) is 0. The van der Waals surface area contributed by atoms with Crippen molar-refractivity contribution in [1.29, 1.82) is 0 Å². The Morgan fingerprint density at radius 3 is 2.61 bits per heavy atom. The highest BCUT2D eigenvalue weighted by Crippen LogP contribution is 2.22. The lowest BCUT2D eigenvalue weighted by atomic mass is 10.1. The molecule has 0 aliphatic carbocycles. The third-order valence-electron chi connectivity index (χ3n) is 4.12. The first-order valence-corrected chi connectivity index (χ1v) is 8.12. The average molecular weight is 309 g/mol. The fourth-order valence-electron chi connectivity index (χ4n) is 2.67. The number of benzene rings is 1. The number of hydrogen-bond donors (Lipinski definition) is 2. The lowest BCUT2D eigenvalue weighted by Gasteiger charge is -2.11. The van der Waals surface area contributed by atoms with E-state index in [-0.39, 0.29) is 6.04 Å². The molecule has 0 aliphatic heterocycles. The van der Waals surface area contributed by atoms with Crippen LogP contribution < -0.4 is 11.5 Å². The molecular weight excluding hydrogens is 286 g/mol. The zero-order chi connectivity index (χ0) is 16.2. The SMILES string of the molecule is CCCCC(N)c1ccc2ncc(-c3ccc(CN)cc3)n2n1. The van der Waals surface area contributed by atoms with E-state index in [2.05, 4.69) is 24.0 Å². The molecule has 0 spiro atoms. The summed E-state index contributed by atoms with van der Waals surface area (Å²) in [4.78, 5) is 4.44. The van der Waals surface area contributed by atoms with Crippen LogP contribution in [-0.2, 0) is 6.54 Å². The minimum atomic E-state index is -0.0331. The van der Waals surface area contributed by atoms with Crippen molar-refractivity contribution in [2.75, 3.05) is 0 Å². The largest absolute Gasteiger partial charge is 0.326 e. The number of nitrogens with two attached hydrogens (primary N) is 2.